The summed E-state index contributed by atoms with van der Waals surface area (Å²) in [5.74, 6) is 0. The summed E-state index contributed by atoms with van der Waals surface area (Å²) in [7, 11) is 0. The first-order valence-corrected chi connectivity index (χ1v) is 5.59. The quantitative estimate of drug-likeness (QED) is 0.909. The van der Waals surface area contributed by atoms with Gasteiger partial charge in [-0.3, -0.25) is 0 Å². The molecule has 0 aliphatic heterocycles. The van der Waals surface area contributed by atoms with E-state index in [1.54, 1.807) is 13.8 Å². The van der Waals surface area contributed by atoms with Crippen molar-refractivity contribution in [3.05, 3.63) is 34.7 Å². The molecule has 0 radical (unpaired) electrons. The molecule has 3 nitrogen and oxygen atoms in total. The first-order valence-electron chi connectivity index (χ1n) is 4.79. The predicted molar refractivity (Wildman–Crippen MR) is 62.9 cm³/mol. The maximum atomic E-state index is 9.69. The number of hydrogen-bond acceptors (Lipinski definition) is 2. The van der Waals surface area contributed by atoms with Crippen LogP contribution < -0.4 is 0 Å². The van der Waals surface area contributed by atoms with Crippen molar-refractivity contribution in [2.45, 2.75) is 25.9 Å². The van der Waals surface area contributed by atoms with Crippen LogP contribution in [0.3, 0.4) is 0 Å². The number of imidazole rings is 1. The Balaban J connectivity index is 2.39. The Morgan fingerprint density at radius 3 is 2.80 bits per heavy atom. The van der Waals surface area contributed by atoms with Gasteiger partial charge in [-0.15, -0.1) is 0 Å². The summed E-state index contributed by atoms with van der Waals surface area (Å²) in [5.41, 5.74) is 1.09. The van der Waals surface area contributed by atoms with E-state index < -0.39 is 5.60 Å². The highest BCUT2D eigenvalue weighted by Gasteiger charge is 2.15. The second-order valence-corrected chi connectivity index (χ2v) is 5.25. The van der Waals surface area contributed by atoms with Gasteiger partial charge in [0.25, 0.3) is 0 Å². The van der Waals surface area contributed by atoms with E-state index in [4.69, 9.17) is 0 Å². The molecule has 0 amide bonds. The number of fused-ring (bicyclic) bond motifs is 1. The van der Waals surface area contributed by atoms with E-state index in [0.717, 1.165) is 15.8 Å². The van der Waals surface area contributed by atoms with Crippen molar-refractivity contribution in [2.75, 3.05) is 0 Å². The minimum absolute atomic E-state index is 0.562. The number of hydrogen-bond donors (Lipinski definition) is 1. The monoisotopic (exact) mass is 268 g/mol. The van der Waals surface area contributed by atoms with Crippen LogP contribution in [0.2, 0.25) is 0 Å². The number of aliphatic hydroxyl groups is 1. The molecule has 2 rings (SSSR count). The lowest BCUT2D eigenvalue weighted by Crippen LogP contribution is -2.21. The minimum Gasteiger partial charge on any atom is -0.390 e. The van der Waals surface area contributed by atoms with Crippen molar-refractivity contribution in [1.29, 1.82) is 0 Å². The molecular formula is C11H13BrN2O. The second-order valence-electron chi connectivity index (χ2n) is 4.33. The Morgan fingerprint density at radius 1 is 1.40 bits per heavy atom. The summed E-state index contributed by atoms with van der Waals surface area (Å²) in [5, 5.41) is 9.69. The molecule has 0 aliphatic carbocycles. The van der Waals surface area contributed by atoms with Crippen LogP contribution in [0.15, 0.2) is 29.0 Å². The van der Waals surface area contributed by atoms with Crippen LogP contribution in [0.1, 0.15) is 19.5 Å². The average molecular weight is 269 g/mol. The number of pyridine rings is 1. The third-order valence-electron chi connectivity index (χ3n) is 2.08. The summed E-state index contributed by atoms with van der Waals surface area (Å²) in [4.78, 5) is 4.42. The van der Waals surface area contributed by atoms with Gasteiger partial charge in [-0.05, 0) is 41.9 Å². The summed E-state index contributed by atoms with van der Waals surface area (Å²) in [6.45, 7) is 3.57. The van der Waals surface area contributed by atoms with E-state index in [2.05, 4.69) is 20.9 Å². The third-order valence-corrected chi connectivity index (χ3v) is 2.55. The highest BCUT2D eigenvalue weighted by atomic mass is 79.9. The van der Waals surface area contributed by atoms with Gasteiger partial charge in [-0.25, -0.2) is 4.98 Å². The average Bonchev–Trinajstić information content (AvgIpc) is 2.42. The van der Waals surface area contributed by atoms with Crippen molar-refractivity contribution in [3.8, 4) is 0 Å². The molecule has 2 heterocycles. The van der Waals surface area contributed by atoms with E-state index in [1.807, 2.05) is 28.9 Å². The van der Waals surface area contributed by atoms with Gasteiger partial charge in [0, 0.05) is 23.3 Å². The van der Waals surface area contributed by atoms with Crippen molar-refractivity contribution in [2.24, 2.45) is 0 Å². The highest BCUT2D eigenvalue weighted by Crippen LogP contribution is 2.15. The molecule has 0 fully saturated rings. The zero-order valence-corrected chi connectivity index (χ0v) is 10.3. The van der Waals surface area contributed by atoms with Crippen LogP contribution in [0.25, 0.3) is 5.65 Å². The number of halogens is 1. The maximum absolute atomic E-state index is 9.69. The Labute approximate surface area is 96.9 Å². The molecule has 1 N–H and O–H groups in total. The Bertz CT molecular complexity index is 485. The number of rotatable bonds is 2. The van der Waals surface area contributed by atoms with Crippen LogP contribution in [-0.2, 0) is 6.42 Å². The zero-order valence-electron chi connectivity index (χ0n) is 8.74. The molecule has 0 unspecified atom stereocenters. The summed E-state index contributed by atoms with van der Waals surface area (Å²) in [6, 6.07) is 3.90. The lowest BCUT2D eigenvalue weighted by molar-refractivity contribution is 0.0801. The van der Waals surface area contributed by atoms with Gasteiger partial charge in [0.1, 0.15) is 5.65 Å². The van der Waals surface area contributed by atoms with Crippen molar-refractivity contribution in [1.82, 2.24) is 9.38 Å². The maximum Gasteiger partial charge on any atom is 0.137 e. The van der Waals surface area contributed by atoms with E-state index in [1.165, 1.54) is 0 Å². The molecule has 0 bridgehead atoms. The van der Waals surface area contributed by atoms with E-state index in [-0.39, 0.29) is 0 Å². The fourth-order valence-corrected chi connectivity index (χ4v) is 1.90. The standard InChI is InChI=1S/C11H13BrN2O/c1-11(2,15)5-9-7-14-6-8(12)3-4-10(14)13-9/h3-4,6-7,15H,5H2,1-2H3. The number of nitrogens with zero attached hydrogens (tertiary/aromatic N) is 2. The largest absolute Gasteiger partial charge is 0.390 e. The number of aromatic nitrogens is 2. The van der Waals surface area contributed by atoms with E-state index in [0.29, 0.717) is 6.42 Å². The van der Waals surface area contributed by atoms with Gasteiger partial charge >= 0.3 is 0 Å². The van der Waals surface area contributed by atoms with Crippen LogP contribution >= 0.6 is 15.9 Å². The van der Waals surface area contributed by atoms with Gasteiger partial charge in [0.2, 0.25) is 0 Å². The highest BCUT2D eigenvalue weighted by molar-refractivity contribution is 9.10. The molecule has 15 heavy (non-hydrogen) atoms. The summed E-state index contributed by atoms with van der Waals surface area (Å²) < 4.78 is 2.97. The van der Waals surface area contributed by atoms with Crippen LogP contribution in [0.4, 0.5) is 0 Å². The topological polar surface area (TPSA) is 37.5 Å². The van der Waals surface area contributed by atoms with Crippen LogP contribution in [0, 0.1) is 0 Å². The molecule has 4 heteroatoms. The Morgan fingerprint density at radius 2 is 2.13 bits per heavy atom. The first-order chi connectivity index (χ1) is 6.94. The van der Waals surface area contributed by atoms with Crippen molar-refractivity contribution in [3.63, 3.8) is 0 Å². The van der Waals surface area contributed by atoms with Crippen LogP contribution in [0.5, 0.6) is 0 Å². The fourth-order valence-electron chi connectivity index (χ4n) is 1.55. The zero-order chi connectivity index (χ0) is 11.1. The van der Waals surface area contributed by atoms with E-state index >= 15 is 0 Å². The SMILES string of the molecule is CC(C)(O)Cc1cn2cc(Br)ccc2n1. The third kappa shape index (κ3) is 2.58. The van der Waals surface area contributed by atoms with Gasteiger partial charge < -0.3 is 9.51 Å². The molecule has 0 saturated carbocycles. The molecule has 0 spiro atoms. The first kappa shape index (κ1) is 10.6. The summed E-state index contributed by atoms with van der Waals surface area (Å²) in [6.07, 6.45) is 4.46. The van der Waals surface area contributed by atoms with Crippen molar-refractivity contribution < 1.29 is 5.11 Å². The van der Waals surface area contributed by atoms with E-state index in [9.17, 15) is 5.11 Å². The van der Waals surface area contributed by atoms with Gasteiger partial charge in [-0.2, -0.15) is 0 Å². The van der Waals surface area contributed by atoms with Gasteiger partial charge in [0.15, 0.2) is 0 Å². The Kier molecular flexibility index (Phi) is 2.56. The molecule has 2 aromatic rings. The van der Waals surface area contributed by atoms with Crippen molar-refractivity contribution >= 4 is 21.6 Å². The molecular weight excluding hydrogens is 256 g/mol. The molecule has 80 valence electrons. The molecule has 0 atom stereocenters. The smallest absolute Gasteiger partial charge is 0.137 e. The van der Waals surface area contributed by atoms with Crippen LogP contribution in [-0.4, -0.2) is 20.1 Å². The lowest BCUT2D eigenvalue weighted by Gasteiger charge is -2.14. The molecule has 2 aromatic heterocycles. The Hall–Kier alpha value is -0.870. The summed E-state index contributed by atoms with van der Waals surface area (Å²) >= 11 is 3.41. The fraction of sp³-hybridized carbons (Fsp3) is 0.364. The van der Waals surface area contributed by atoms with Gasteiger partial charge in [0.05, 0.1) is 11.3 Å². The normalized spacial score (nSPS) is 12.3. The lowest BCUT2D eigenvalue weighted by atomic mass is 10.0. The molecule has 0 saturated heterocycles. The predicted octanol–water partition coefficient (Wildman–Crippen LogP) is 2.41. The molecule has 0 aromatic carbocycles. The second kappa shape index (κ2) is 3.61. The van der Waals surface area contributed by atoms with Gasteiger partial charge in [-0.1, -0.05) is 0 Å². The molecule has 0 aliphatic rings. The minimum atomic E-state index is -0.713.